The first kappa shape index (κ1) is 20.1. The number of carbonyl (C=O) groups excluding carboxylic acids is 1. The second-order valence-corrected chi connectivity index (χ2v) is 7.98. The van der Waals surface area contributed by atoms with E-state index in [0.29, 0.717) is 38.3 Å². The molecule has 1 aromatic rings. The minimum atomic E-state index is -0.409. The highest BCUT2D eigenvalue weighted by atomic mass is 16.6. The number of nitrogens with zero attached hydrogens (tertiary/aromatic N) is 4. The van der Waals surface area contributed by atoms with Gasteiger partial charge < -0.3 is 15.1 Å². The molecule has 1 aliphatic heterocycles. The monoisotopic (exact) mass is 363 g/mol. The van der Waals surface area contributed by atoms with Crippen molar-refractivity contribution in [2.24, 2.45) is 11.3 Å². The van der Waals surface area contributed by atoms with Gasteiger partial charge in [-0.15, -0.1) is 0 Å². The molecule has 1 fully saturated rings. The molecule has 0 aliphatic carbocycles. The second-order valence-electron chi connectivity index (χ2n) is 7.98. The largest absolute Gasteiger partial charge is 0.355 e. The lowest BCUT2D eigenvalue weighted by molar-refractivity contribution is -0.384. The van der Waals surface area contributed by atoms with Gasteiger partial charge in [-0.05, 0) is 38.4 Å². The number of aromatic nitrogens is 1. The molecule has 1 N–H and O–H groups in total. The molecule has 8 nitrogen and oxygen atoms in total. The molecule has 2 rings (SSSR count). The molecule has 0 spiro atoms. The number of hydrogen-bond donors (Lipinski definition) is 1. The average Bonchev–Trinajstić information content (AvgIpc) is 2.59. The van der Waals surface area contributed by atoms with Crippen molar-refractivity contribution >= 4 is 17.4 Å². The van der Waals surface area contributed by atoms with Crippen molar-refractivity contribution in [1.29, 1.82) is 0 Å². The van der Waals surface area contributed by atoms with E-state index < -0.39 is 4.92 Å². The van der Waals surface area contributed by atoms with Gasteiger partial charge in [0.1, 0.15) is 0 Å². The van der Waals surface area contributed by atoms with Gasteiger partial charge in [0.2, 0.25) is 11.7 Å². The lowest BCUT2D eigenvalue weighted by atomic mass is 9.91. The maximum Gasteiger partial charge on any atom is 0.311 e. The van der Waals surface area contributed by atoms with Crippen LogP contribution in [-0.4, -0.2) is 61.0 Å². The van der Waals surface area contributed by atoms with Crippen LogP contribution < -0.4 is 10.2 Å². The molecule has 0 bridgehead atoms. The number of carbonyl (C=O) groups is 1. The van der Waals surface area contributed by atoms with Crippen LogP contribution in [0, 0.1) is 21.4 Å². The summed E-state index contributed by atoms with van der Waals surface area (Å²) in [4.78, 5) is 31.4. The van der Waals surface area contributed by atoms with Crippen molar-refractivity contribution in [2.75, 3.05) is 45.2 Å². The summed E-state index contributed by atoms with van der Waals surface area (Å²) in [6, 6.07) is 3.03. The van der Waals surface area contributed by atoms with Crippen LogP contribution in [0.4, 0.5) is 11.5 Å². The molecular weight excluding hydrogens is 334 g/mol. The Bertz CT molecular complexity index is 639. The Kier molecular flexibility index (Phi) is 6.52. The normalized spacial score (nSPS) is 16.0. The number of pyridine rings is 1. The zero-order valence-electron chi connectivity index (χ0n) is 16.1. The number of hydrogen-bond acceptors (Lipinski definition) is 6. The van der Waals surface area contributed by atoms with E-state index in [1.165, 1.54) is 6.07 Å². The Morgan fingerprint density at radius 2 is 2.08 bits per heavy atom. The van der Waals surface area contributed by atoms with Gasteiger partial charge in [-0.25, -0.2) is 4.98 Å². The molecule has 1 amide bonds. The molecule has 0 unspecified atom stereocenters. The molecule has 8 heteroatoms. The molecule has 1 saturated heterocycles. The van der Waals surface area contributed by atoms with Crippen LogP contribution in [0.25, 0.3) is 0 Å². The summed E-state index contributed by atoms with van der Waals surface area (Å²) in [5.74, 6) is 0.416. The second kappa shape index (κ2) is 8.44. The van der Waals surface area contributed by atoms with E-state index in [9.17, 15) is 14.9 Å². The third-order valence-electron chi connectivity index (χ3n) is 4.61. The summed E-state index contributed by atoms with van der Waals surface area (Å²) >= 11 is 0. The zero-order chi connectivity index (χ0) is 19.3. The van der Waals surface area contributed by atoms with Gasteiger partial charge >= 0.3 is 5.69 Å². The van der Waals surface area contributed by atoms with Crippen LogP contribution in [0.2, 0.25) is 0 Å². The molecule has 144 valence electrons. The molecular formula is C18H29N5O3. The first-order valence-corrected chi connectivity index (χ1v) is 8.96. The Hall–Kier alpha value is -2.22. The van der Waals surface area contributed by atoms with E-state index >= 15 is 0 Å². The number of amides is 1. The highest BCUT2D eigenvalue weighted by Crippen LogP contribution is 2.29. The number of nitrogens with one attached hydrogen (secondary N) is 1. The molecule has 26 heavy (non-hydrogen) atoms. The van der Waals surface area contributed by atoms with Gasteiger partial charge in [0.15, 0.2) is 0 Å². The predicted molar refractivity (Wildman–Crippen MR) is 101 cm³/mol. The van der Waals surface area contributed by atoms with E-state index in [2.05, 4.69) is 29.0 Å². The topological polar surface area (TPSA) is 91.6 Å². The lowest BCUT2D eigenvalue weighted by Crippen LogP contribution is -2.45. The summed E-state index contributed by atoms with van der Waals surface area (Å²) < 4.78 is 0. The lowest BCUT2D eigenvalue weighted by Gasteiger charge is -2.33. The van der Waals surface area contributed by atoms with Crippen molar-refractivity contribution in [1.82, 2.24) is 15.2 Å². The van der Waals surface area contributed by atoms with Gasteiger partial charge in [0.25, 0.3) is 0 Å². The minimum Gasteiger partial charge on any atom is -0.355 e. The number of anilines is 1. The molecule has 0 radical (unpaired) electrons. The van der Waals surface area contributed by atoms with Crippen LogP contribution in [0.1, 0.15) is 26.7 Å². The Morgan fingerprint density at radius 3 is 2.65 bits per heavy atom. The first-order valence-electron chi connectivity index (χ1n) is 8.96. The SMILES string of the molecule is CN(C)CC(C)(C)CNC(=O)C1CCN(c2ncccc2[N+](=O)[O-])CC1. The average molecular weight is 363 g/mol. The van der Waals surface area contributed by atoms with E-state index in [1.54, 1.807) is 12.3 Å². The molecule has 0 atom stereocenters. The maximum atomic E-state index is 12.5. The fourth-order valence-electron chi connectivity index (χ4n) is 3.51. The van der Waals surface area contributed by atoms with E-state index in [-0.39, 0.29) is 22.9 Å². The maximum absolute atomic E-state index is 12.5. The Morgan fingerprint density at radius 1 is 1.42 bits per heavy atom. The zero-order valence-corrected chi connectivity index (χ0v) is 16.1. The minimum absolute atomic E-state index is 0.00837. The summed E-state index contributed by atoms with van der Waals surface area (Å²) in [5, 5.41) is 14.2. The van der Waals surface area contributed by atoms with E-state index in [4.69, 9.17) is 0 Å². The smallest absolute Gasteiger partial charge is 0.311 e. The third-order valence-corrected chi connectivity index (χ3v) is 4.61. The van der Waals surface area contributed by atoms with Crippen LogP contribution in [0.5, 0.6) is 0 Å². The van der Waals surface area contributed by atoms with Gasteiger partial charge in [0, 0.05) is 44.4 Å². The first-order chi connectivity index (χ1) is 12.2. The van der Waals surface area contributed by atoms with Crippen molar-refractivity contribution in [3.8, 4) is 0 Å². The summed E-state index contributed by atoms with van der Waals surface area (Å²) in [5.41, 5.74) is 0.0230. The van der Waals surface area contributed by atoms with Crippen molar-refractivity contribution in [3.05, 3.63) is 28.4 Å². The van der Waals surface area contributed by atoms with Gasteiger partial charge in [0.05, 0.1) is 4.92 Å². The molecule has 1 aromatic heterocycles. The highest BCUT2D eigenvalue weighted by Gasteiger charge is 2.30. The Balaban J connectivity index is 1.88. The predicted octanol–water partition coefficient (Wildman–Crippen LogP) is 1.91. The summed E-state index contributed by atoms with van der Waals surface area (Å²) in [6.07, 6.45) is 2.91. The van der Waals surface area contributed by atoms with Gasteiger partial charge in [-0.3, -0.25) is 14.9 Å². The van der Waals surface area contributed by atoms with E-state index in [0.717, 1.165) is 6.54 Å². The van der Waals surface area contributed by atoms with Crippen molar-refractivity contribution < 1.29 is 9.72 Å². The number of rotatable bonds is 7. The van der Waals surface area contributed by atoms with Gasteiger partial charge in [-0.2, -0.15) is 0 Å². The fraction of sp³-hybridized carbons (Fsp3) is 0.667. The quantitative estimate of drug-likeness (QED) is 0.588. The third kappa shape index (κ3) is 5.39. The summed E-state index contributed by atoms with van der Waals surface area (Å²) in [6.45, 7) is 6.99. The van der Waals surface area contributed by atoms with Crippen LogP contribution in [0.15, 0.2) is 18.3 Å². The van der Waals surface area contributed by atoms with Crippen LogP contribution in [-0.2, 0) is 4.79 Å². The molecule has 0 aromatic carbocycles. The van der Waals surface area contributed by atoms with Crippen LogP contribution >= 0.6 is 0 Å². The standard InChI is InChI=1S/C18H29N5O3/c1-18(2,13-21(3)4)12-20-17(24)14-7-10-22(11-8-14)16-15(23(25)26)6-5-9-19-16/h5-6,9,14H,7-8,10-13H2,1-4H3,(H,20,24). The molecule has 2 heterocycles. The summed E-state index contributed by atoms with van der Waals surface area (Å²) in [7, 11) is 4.05. The van der Waals surface area contributed by atoms with Gasteiger partial charge in [-0.1, -0.05) is 13.8 Å². The number of piperidine rings is 1. The highest BCUT2D eigenvalue weighted by molar-refractivity contribution is 5.79. The van der Waals surface area contributed by atoms with Crippen molar-refractivity contribution in [2.45, 2.75) is 26.7 Å². The van der Waals surface area contributed by atoms with Crippen molar-refractivity contribution in [3.63, 3.8) is 0 Å². The molecule has 0 saturated carbocycles. The molecule has 1 aliphatic rings. The Labute approximate surface area is 154 Å². The fourth-order valence-corrected chi connectivity index (χ4v) is 3.51. The number of nitro groups is 1. The van der Waals surface area contributed by atoms with E-state index in [1.807, 2.05) is 19.0 Å². The van der Waals surface area contributed by atoms with Crippen LogP contribution in [0.3, 0.4) is 0 Å².